The molecule has 0 aliphatic rings. The van der Waals surface area contributed by atoms with Crippen molar-refractivity contribution in [1.82, 2.24) is 14.8 Å². The van der Waals surface area contributed by atoms with Crippen molar-refractivity contribution in [2.75, 3.05) is 5.32 Å². The van der Waals surface area contributed by atoms with E-state index in [0.29, 0.717) is 23.6 Å². The molecule has 4 aromatic rings. The molecule has 1 N–H and O–H groups in total. The zero-order chi connectivity index (χ0) is 19.8. The van der Waals surface area contributed by atoms with Crippen LogP contribution in [0.5, 0.6) is 0 Å². The summed E-state index contributed by atoms with van der Waals surface area (Å²) in [5.74, 6) is 0.0259. The minimum atomic E-state index is -0.503. The maximum atomic E-state index is 12.6. The van der Waals surface area contributed by atoms with Crippen LogP contribution in [0.15, 0.2) is 48.5 Å². The second kappa shape index (κ2) is 6.73. The molecule has 0 atom stereocenters. The number of nitrogens with zero attached hydrogens (tertiary/aromatic N) is 4. The van der Waals surface area contributed by atoms with Crippen LogP contribution >= 0.6 is 0 Å². The van der Waals surface area contributed by atoms with Gasteiger partial charge >= 0.3 is 0 Å². The molecular formula is C20H17N5O3. The average molecular weight is 375 g/mol. The maximum Gasteiger partial charge on any atom is 0.269 e. The van der Waals surface area contributed by atoms with Crippen LogP contribution in [0.2, 0.25) is 0 Å². The van der Waals surface area contributed by atoms with E-state index in [9.17, 15) is 14.9 Å². The van der Waals surface area contributed by atoms with E-state index in [-0.39, 0.29) is 11.6 Å². The number of nitro benzene ring substituents is 1. The Hall–Kier alpha value is -3.81. The quantitative estimate of drug-likeness (QED) is 0.428. The Morgan fingerprint density at radius 2 is 1.93 bits per heavy atom. The average Bonchev–Trinajstić information content (AvgIpc) is 3.02. The van der Waals surface area contributed by atoms with Crippen LogP contribution < -0.4 is 5.32 Å². The lowest BCUT2D eigenvalue weighted by molar-refractivity contribution is -0.384. The van der Waals surface area contributed by atoms with Crippen LogP contribution in [-0.4, -0.2) is 25.6 Å². The number of fused-ring (bicyclic) bond motifs is 2. The van der Waals surface area contributed by atoms with Gasteiger partial charge in [0.1, 0.15) is 0 Å². The number of rotatable bonds is 4. The third-order valence-corrected chi connectivity index (χ3v) is 4.54. The molecule has 140 valence electrons. The fourth-order valence-corrected chi connectivity index (χ4v) is 3.11. The predicted octanol–water partition coefficient (Wildman–Crippen LogP) is 4.07. The van der Waals surface area contributed by atoms with Gasteiger partial charge in [0.2, 0.25) is 0 Å². The zero-order valence-electron chi connectivity index (χ0n) is 15.3. The Morgan fingerprint density at radius 3 is 2.61 bits per heavy atom. The van der Waals surface area contributed by atoms with Gasteiger partial charge < -0.3 is 5.32 Å². The van der Waals surface area contributed by atoms with Crippen LogP contribution in [0.4, 0.5) is 11.5 Å². The summed E-state index contributed by atoms with van der Waals surface area (Å²) in [5.41, 5.74) is 2.92. The molecule has 2 heterocycles. The molecule has 0 bridgehead atoms. The van der Waals surface area contributed by atoms with E-state index >= 15 is 0 Å². The summed E-state index contributed by atoms with van der Waals surface area (Å²) in [5, 5.41) is 19.8. The van der Waals surface area contributed by atoms with Gasteiger partial charge in [-0.05, 0) is 44.2 Å². The SMILES string of the molecule is CCn1nc(NC(=O)c2ccc([N+](=O)[O-])cc2)c2cc3cc(C)ccc3nc21. The highest BCUT2D eigenvalue weighted by atomic mass is 16.6. The number of non-ortho nitro benzene ring substituents is 1. The minimum absolute atomic E-state index is 0.0664. The first-order valence-corrected chi connectivity index (χ1v) is 8.80. The van der Waals surface area contributed by atoms with Gasteiger partial charge in [0.05, 0.1) is 15.8 Å². The van der Waals surface area contributed by atoms with E-state index in [1.54, 1.807) is 4.68 Å². The molecule has 2 aromatic carbocycles. The number of pyridine rings is 1. The summed E-state index contributed by atoms with van der Waals surface area (Å²) in [4.78, 5) is 27.6. The van der Waals surface area contributed by atoms with E-state index in [1.165, 1.54) is 24.3 Å². The number of aryl methyl sites for hydroxylation is 2. The molecule has 28 heavy (non-hydrogen) atoms. The fourth-order valence-electron chi connectivity index (χ4n) is 3.11. The van der Waals surface area contributed by atoms with Crippen LogP contribution in [-0.2, 0) is 6.54 Å². The summed E-state index contributed by atoms with van der Waals surface area (Å²) in [6, 6.07) is 13.4. The van der Waals surface area contributed by atoms with Gasteiger partial charge in [0, 0.05) is 29.6 Å². The van der Waals surface area contributed by atoms with Gasteiger partial charge in [-0.2, -0.15) is 5.10 Å². The Kier molecular flexibility index (Phi) is 4.23. The van der Waals surface area contributed by atoms with Gasteiger partial charge in [-0.1, -0.05) is 11.6 Å². The molecule has 0 saturated carbocycles. The number of carbonyl (C=O) groups is 1. The van der Waals surface area contributed by atoms with Crippen molar-refractivity contribution in [1.29, 1.82) is 0 Å². The minimum Gasteiger partial charge on any atom is -0.305 e. The van der Waals surface area contributed by atoms with E-state index in [2.05, 4.69) is 10.4 Å². The Bertz CT molecular complexity index is 1230. The third kappa shape index (κ3) is 3.05. The summed E-state index contributed by atoms with van der Waals surface area (Å²) in [6.45, 7) is 4.57. The number of nitro groups is 1. The summed E-state index contributed by atoms with van der Waals surface area (Å²) in [7, 11) is 0. The number of nitrogens with one attached hydrogen (secondary N) is 1. The van der Waals surface area contributed by atoms with E-state index in [4.69, 9.17) is 4.98 Å². The van der Waals surface area contributed by atoms with Crippen molar-refractivity contribution >= 4 is 39.3 Å². The summed E-state index contributed by atoms with van der Waals surface area (Å²) in [6.07, 6.45) is 0. The summed E-state index contributed by atoms with van der Waals surface area (Å²) < 4.78 is 1.74. The number of benzene rings is 2. The van der Waals surface area contributed by atoms with Crippen molar-refractivity contribution in [3.63, 3.8) is 0 Å². The molecule has 0 spiro atoms. The highest BCUT2D eigenvalue weighted by Gasteiger charge is 2.16. The molecule has 0 unspecified atom stereocenters. The number of hydrogen-bond donors (Lipinski definition) is 1. The predicted molar refractivity (Wildman–Crippen MR) is 106 cm³/mol. The molecular weight excluding hydrogens is 358 g/mol. The van der Waals surface area contributed by atoms with E-state index < -0.39 is 4.92 Å². The molecule has 0 radical (unpaired) electrons. The molecule has 0 saturated heterocycles. The highest BCUT2D eigenvalue weighted by Crippen LogP contribution is 2.27. The van der Waals surface area contributed by atoms with E-state index in [1.807, 2.05) is 38.1 Å². The van der Waals surface area contributed by atoms with Crippen molar-refractivity contribution in [2.24, 2.45) is 0 Å². The lowest BCUT2D eigenvalue weighted by Crippen LogP contribution is -2.12. The van der Waals surface area contributed by atoms with Crippen molar-refractivity contribution in [3.05, 3.63) is 69.8 Å². The largest absolute Gasteiger partial charge is 0.305 e. The topological polar surface area (TPSA) is 103 Å². The fraction of sp³-hybridized carbons (Fsp3) is 0.150. The first-order valence-electron chi connectivity index (χ1n) is 8.80. The lowest BCUT2D eigenvalue weighted by Gasteiger charge is -2.03. The van der Waals surface area contributed by atoms with Gasteiger partial charge in [0.25, 0.3) is 11.6 Å². The zero-order valence-corrected chi connectivity index (χ0v) is 15.3. The smallest absolute Gasteiger partial charge is 0.269 e. The van der Waals surface area contributed by atoms with E-state index in [0.717, 1.165) is 21.9 Å². The molecule has 8 nitrogen and oxygen atoms in total. The maximum absolute atomic E-state index is 12.6. The van der Waals surface area contributed by atoms with Crippen molar-refractivity contribution < 1.29 is 9.72 Å². The molecule has 0 aliphatic carbocycles. The third-order valence-electron chi connectivity index (χ3n) is 4.54. The van der Waals surface area contributed by atoms with Gasteiger partial charge in [0.15, 0.2) is 11.5 Å². The molecule has 2 aromatic heterocycles. The second-order valence-corrected chi connectivity index (χ2v) is 6.48. The second-order valence-electron chi connectivity index (χ2n) is 6.48. The highest BCUT2D eigenvalue weighted by molar-refractivity contribution is 6.09. The van der Waals surface area contributed by atoms with Crippen molar-refractivity contribution in [2.45, 2.75) is 20.4 Å². The van der Waals surface area contributed by atoms with Crippen molar-refractivity contribution in [3.8, 4) is 0 Å². The number of aromatic nitrogens is 3. The molecule has 8 heteroatoms. The van der Waals surface area contributed by atoms with Gasteiger partial charge in [-0.15, -0.1) is 0 Å². The monoisotopic (exact) mass is 375 g/mol. The molecule has 4 rings (SSSR count). The lowest BCUT2D eigenvalue weighted by atomic mass is 10.1. The number of hydrogen-bond acceptors (Lipinski definition) is 5. The Labute approximate surface area is 160 Å². The normalized spacial score (nSPS) is 11.1. The molecule has 0 fully saturated rings. The Balaban J connectivity index is 1.75. The molecule has 0 aliphatic heterocycles. The number of anilines is 1. The molecule has 1 amide bonds. The van der Waals surface area contributed by atoms with Gasteiger partial charge in [-0.3, -0.25) is 14.9 Å². The van der Waals surface area contributed by atoms with Gasteiger partial charge in [-0.25, -0.2) is 9.67 Å². The first kappa shape index (κ1) is 17.6. The Morgan fingerprint density at radius 1 is 1.18 bits per heavy atom. The van der Waals surface area contributed by atoms with Crippen LogP contribution in [0.3, 0.4) is 0 Å². The standard InChI is InChI=1S/C20H17N5O3/c1-3-24-19-16(11-14-10-12(2)4-9-17(14)21-19)18(23-24)22-20(26)13-5-7-15(8-6-13)25(27)28/h4-11H,3H2,1-2H3,(H,22,23,26). The van der Waals surface area contributed by atoms with Crippen LogP contribution in [0.25, 0.3) is 21.9 Å². The first-order chi connectivity index (χ1) is 13.5. The summed E-state index contributed by atoms with van der Waals surface area (Å²) >= 11 is 0. The number of amides is 1. The number of carbonyl (C=O) groups excluding carboxylic acids is 1. The van der Waals surface area contributed by atoms with Crippen LogP contribution in [0, 0.1) is 17.0 Å². The van der Waals surface area contributed by atoms with Crippen LogP contribution in [0.1, 0.15) is 22.8 Å².